The summed E-state index contributed by atoms with van der Waals surface area (Å²) >= 11 is 0. The van der Waals surface area contributed by atoms with Crippen molar-refractivity contribution in [2.75, 3.05) is 24.3 Å². The van der Waals surface area contributed by atoms with Crippen LogP contribution in [-0.4, -0.2) is 64.3 Å². The number of hydrogen-bond donors (Lipinski definition) is 2. The van der Waals surface area contributed by atoms with Crippen LogP contribution in [0.25, 0.3) is 0 Å². The van der Waals surface area contributed by atoms with Gasteiger partial charge in [-0.05, 0) is 50.8 Å². The summed E-state index contributed by atoms with van der Waals surface area (Å²) in [5, 5.41) is 10.1. The zero-order chi connectivity index (χ0) is 25.4. The number of likely N-dealkylation sites (N-methyl/N-ethyl adjacent to an activating group) is 1. The third-order valence-electron chi connectivity index (χ3n) is 7.46. The third kappa shape index (κ3) is 4.95. The van der Waals surface area contributed by atoms with Crippen LogP contribution in [0.2, 0.25) is 0 Å². The SMILES string of the molecule is Cc1nn(C)cc1NC(=O)C[C@@H]1CC[C@H]2[C@H](COc3ccc(NC(=O)C4CCC4)cc3C(=O)N2C)O1. The maximum absolute atomic E-state index is 13.4. The summed E-state index contributed by atoms with van der Waals surface area (Å²) in [6, 6.07) is 5.01. The molecule has 2 N–H and O–H groups in total. The van der Waals surface area contributed by atoms with E-state index in [2.05, 4.69) is 15.7 Å². The standard InChI is InChI=1S/C26H33N5O5/c1-15-20(13-30(2)29-15)28-24(32)12-18-8-9-21-23(36-18)14-35-22-10-7-17(11-19(22)26(34)31(21)3)27-25(33)16-5-4-6-16/h7,10-11,13,16,18,21,23H,4-6,8-9,12,14H2,1-3H3,(H,27,33)(H,28,32)/t18-,21-,23-/m0/s1. The van der Waals surface area contributed by atoms with Gasteiger partial charge in [0.1, 0.15) is 18.5 Å². The van der Waals surface area contributed by atoms with Crippen LogP contribution in [0.3, 0.4) is 0 Å². The second-order valence-electron chi connectivity index (χ2n) is 10.1. The van der Waals surface area contributed by atoms with Crippen molar-refractivity contribution < 1.29 is 23.9 Å². The second-order valence-corrected chi connectivity index (χ2v) is 10.1. The summed E-state index contributed by atoms with van der Waals surface area (Å²) in [7, 11) is 3.58. The number of anilines is 2. The van der Waals surface area contributed by atoms with Gasteiger partial charge in [-0.25, -0.2) is 0 Å². The number of benzene rings is 1. The van der Waals surface area contributed by atoms with E-state index < -0.39 is 0 Å². The van der Waals surface area contributed by atoms with Crippen LogP contribution >= 0.6 is 0 Å². The number of fused-ring (bicyclic) bond motifs is 2. The fourth-order valence-corrected chi connectivity index (χ4v) is 5.15. The second kappa shape index (κ2) is 9.93. The van der Waals surface area contributed by atoms with Gasteiger partial charge in [0.15, 0.2) is 0 Å². The number of carbonyl (C=O) groups excluding carboxylic acids is 3. The lowest BCUT2D eigenvalue weighted by Crippen LogP contribution is -2.53. The fourth-order valence-electron chi connectivity index (χ4n) is 5.15. The molecule has 0 radical (unpaired) electrons. The van der Waals surface area contributed by atoms with Crippen molar-refractivity contribution >= 4 is 29.1 Å². The molecule has 2 fully saturated rings. The predicted octanol–water partition coefficient (Wildman–Crippen LogP) is 2.88. The topological polar surface area (TPSA) is 115 Å². The number of nitrogens with one attached hydrogen (secondary N) is 2. The van der Waals surface area contributed by atoms with Crippen LogP contribution in [0.4, 0.5) is 11.4 Å². The first kappa shape index (κ1) is 24.3. The van der Waals surface area contributed by atoms with E-state index in [4.69, 9.17) is 9.47 Å². The molecule has 1 saturated carbocycles. The molecule has 1 saturated heterocycles. The Morgan fingerprint density at radius 3 is 2.64 bits per heavy atom. The molecule has 3 aliphatic rings. The highest BCUT2D eigenvalue weighted by Crippen LogP contribution is 2.33. The van der Waals surface area contributed by atoms with Crippen molar-refractivity contribution in [3.8, 4) is 5.75 Å². The molecule has 0 spiro atoms. The summed E-state index contributed by atoms with van der Waals surface area (Å²) < 4.78 is 14.0. The molecule has 0 unspecified atom stereocenters. The Balaban J connectivity index is 1.24. The summed E-state index contributed by atoms with van der Waals surface area (Å²) in [5.74, 6) is 0.217. The van der Waals surface area contributed by atoms with E-state index >= 15 is 0 Å². The molecule has 192 valence electrons. The van der Waals surface area contributed by atoms with Gasteiger partial charge in [0.2, 0.25) is 11.8 Å². The molecule has 10 heteroatoms. The quantitative estimate of drug-likeness (QED) is 0.659. The number of amides is 3. The number of aryl methyl sites for hydroxylation is 2. The average molecular weight is 496 g/mol. The molecule has 2 aliphatic heterocycles. The molecule has 1 aromatic carbocycles. The zero-order valence-electron chi connectivity index (χ0n) is 21.0. The molecule has 1 aliphatic carbocycles. The zero-order valence-corrected chi connectivity index (χ0v) is 21.0. The van der Waals surface area contributed by atoms with Crippen molar-refractivity contribution in [2.45, 2.75) is 63.7 Å². The van der Waals surface area contributed by atoms with Gasteiger partial charge >= 0.3 is 0 Å². The number of aromatic nitrogens is 2. The van der Waals surface area contributed by atoms with Crippen molar-refractivity contribution in [1.29, 1.82) is 0 Å². The Morgan fingerprint density at radius 2 is 1.94 bits per heavy atom. The van der Waals surface area contributed by atoms with E-state index in [1.165, 1.54) is 0 Å². The molecule has 10 nitrogen and oxygen atoms in total. The van der Waals surface area contributed by atoms with Crippen molar-refractivity contribution in [2.24, 2.45) is 13.0 Å². The van der Waals surface area contributed by atoms with Gasteiger partial charge in [-0.1, -0.05) is 6.42 Å². The Hall–Kier alpha value is -3.40. The number of rotatable bonds is 5. The highest BCUT2D eigenvalue weighted by Gasteiger charge is 2.39. The van der Waals surface area contributed by atoms with Gasteiger partial charge in [0.25, 0.3) is 5.91 Å². The van der Waals surface area contributed by atoms with Crippen LogP contribution in [0.15, 0.2) is 24.4 Å². The summed E-state index contributed by atoms with van der Waals surface area (Å²) in [5.41, 5.74) is 2.47. The highest BCUT2D eigenvalue weighted by molar-refractivity contribution is 6.00. The van der Waals surface area contributed by atoms with E-state index in [-0.39, 0.29) is 54.9 Å². The summed E-state index contributed by atoms with van der Waals surface area (Å²) in [6.45, 7) is 2.11. The number of hydrogen-bond acceptors (Lipinski definition) is 6. The summed E-state index contributed by atoms with van der Waals surface area (Å²) in [6.07, 6.45) is 5.64. The van der Waals surface area contributed by atoms with E-state index in [1.807, 2.05) is 14.0 Å². The van der Waals surface area contributed by atoms with Crippen molar-refractivity contribution in [3.63, 3.8) is 0 Å². The van der Waals surface area contributed by atoms with Gasteiger partial charge in [0.05, 0.1) is 35.5 Å². The summed E-state index contributed by atoms with van der Waals surface area (Å²) in [4.78, 5) is 40.1. The highest BCUT2D eigenvalue weighted by atomic mass is 16.5. The monoisotopic (exact) mass is 495 g/mol. The number of nitrogens with zero attached hydrogens (tertiary/aromatic N) is 3. The minimum atomic E-state index is -0.350. The van der Waals surface area contributed by atoms with Crippen molar-refractivity contribution in [1.82, 2.24) is 14.7 Å². The van der Waals surface area contributed by atoms with Gasteiger partial charge < -0.3 is 25.0 Å². The van der Waals surface area contributed by atoms with Gasteiger partial charge in [-0.3, -0.25) is 19.1 Å². The van der Waals surface area contributed by atoms with Gasteiger partial charge in [0, 0.05) is 31.9 Å². The lowest BCUT2D eigenvalue weighted by atomic mass is 9.85. The minimum absolute atomic E-state index is 0.00303. The fraction of sp³-hybridized carbons (Fsp3) is 0.538. The average Bonchev–Trinajstić information content (AvgIpc) is 3.11. The Bertz CT molecular complexity index is 1170. The van der Waals surface area contributed by atoms with Crippen LogP contribution in [0.5, 0.6) is 5.75 Å². The number of ether oxygens (including phenoxy) is 2. The maximum Gasteiger partial charge on any atom is 0.257 e. The molecule has 3 amide bonds. The Morgan fingerprint density at radius 1 is 1.14 bits per heavy atom. The lowest BCUT2D eigenvalue weighted by Gasteiger charge is -2.42. The molecule has 5 rings (SSSR count). The van der Waals surface area contributed by atoms with Gasteiger partial charge in [-0.2, -0.15) is 5.10 Å². The minimum Gasteiger partial charge on any atom is -0.490 e. The van der Waals surface area contributed by atoms with E-state index in [1.54, 1.807) is 41.0 Å². The first-order valence-electron chi connectivity index (χ1n) is 12.6. The van der Waals surface area contributed by atoms with Gasteiger partial charge in [-0.15, -0.1) is 0 Å². The molecule has 0 bridgehead atoms. The van der Waals surface area contributed by atoms with Crippen LogP contribution < -0.4 is 15.4 Å². The first-order chi connectivity index (χ1) is 17.3. The Labute approximate surface area is 210 Å². The maximum atomic E-state index is 13.4. The third-order valence-corrected chi connectivity index (χ3v) is 7.46. The molecule has 3 atom stereocenters. The first-order valence-corrected chi connectivity index (χ1v) is 12.6. The van der Waals surface area contributed by atoms with E-state index in [0.29, 0.717) is 35.5 Å². The van der Waals surface area contributed by atoms with E-state index in [0.717, 1.165) is 25.0 Å². The largest absolute Gasteiger partial charge is 0.490 e. The van der Waals surface area contributed by atoms with Crippen LogP contribution in [-0.2, 0) is 21.4 Å². The van der Waals surface area contributed by atoms with E-state index in [9.17, 15) is 14.4 Å². The Kier molecular flexibility index (Phi) is 6.70. The van der Waals surface area contributed by atoms with Crippen LogP contribution in [0.1, 0.15) is 54.6 Å². The van der Waals surface area contributed by atoms with Crippen molar-refractivity contribution in [3.05, 3.63) is 35.7 Å². The molecular weight excluding hydrogens is 462 g/mol. The normalized spacial score (nSPS) is 23.9. The predicted molar refractivity (Wildman–Crippen MR) is 133 cm³/mol. The lowest BCUT2D eigenvalue weighted by molar-refractivity contribution is -0.130. The van der Waals surface area contributed by atoms with Crippen LogP contribution in [0, 0.1) is 12.8 Å². The molecular formula is C26H33N5O5. The molecule has 36 heavy (non-hydrogen) atoms. The molecule has 2 aromatic rings. The smallest absolute Gasteiger partial charge is 0.257 e. The molecule has 3 heterocycles. The number of carbonyl (C=O) groups is 3. The molecule has 1 aromatic heterocycles.